The standard InChI is InChI=1S/C11H21N/c1-8(2)7-11(9(3)4)12-10(5)6/h7-9,12H,5H2,1-4,6H3/b11-7-. The average molecular weight is 167 g/mol. The first-order valence-corrected chi connectivity index (χ1v) is 4.57. The van der Waals surface area contributed by atoms with Gasteiger partial charge in [-0.2, -0.15) is 0 Å². The summed E-state index contributed by atoms with van der Waals surface area (Å²) in [6.07, 6.45) is 2.25. The number of rotatable bonds is 4. The molecular weight excluding hydrogens is 146 g/mol. The minimum atomic E-state index is 0.545. The minimum absolute atomic E-state index is 0.545. The molecule has 0 spiro atoms. The van der Waals surface area contributed by atoms with E-state index in [1.165, 1.54) is 5.70 Å². The van der Waals surface area contributed by atoms with Crippen molar-refractivity contribution in [1.29, 1.82) is 0 Å². The Morgan fingerprint density at radius 1 is 1.25 bits per heavy atom. The summed E-state index contributed by atoms with van der Waals surface area (Å²) in [7, 11) is 0. The van der Waals surface area contributed by atoms with Crippen LogP contribution in [0.4, 0.5) is 0 Å². The van der Waals surface area contributed by atoms with Gasteiger partial charge in [-0.05, 0) is 18.8 Å². The molecule has 0 saturated heterocycles. The van der Waals surface area contributed by atoms with Gasteiger partial charge in [-0.3, -0.25) is 0 Å². The molecular formula is C11H21N. The molecule has 0 heterocycles. The molecule has 0 fully saturated rings. The largest absolute Gasteiger partial charge is 0.363 e. The first-order valence-electron chi connectivity index (χ1n) is 4.57. The van der Waals surface area contributed by atoms with Crippen molar-refractivity contribution in [2.45, 2.75) is 34.6 Å². The van der Waals surface area contributed by atoms with Gasteiger partial charge in [0.15, 0.2) is 0 Å². The van der Waals surface area contributed by atoms with Crippen molar-refractivity contribution in [3.63, 3.8) is 0 Å². The van der Waals surface area contributed by atoms with Crippen LogP contribution in [-0.4, -0.2) is 0 Å². The molecule has 0 rings (SSSR count). The number of nitrogens with one attached hydrogen (secondary N) is 1. The third-order valence-corrected chi connectivity index (χ3v) is 1.49. The van der Waals surface area contributed by atoms with Crippen molar-refractivity contribution >= 4 is 0 Å². The van der Waals surface area contributed by atoms with E-state index in [-0.39, 0.29) is 0 Å². The van der Waals surface area contributed by atoms with Crippen LogP contribution in [0, 0.1) is 11.8 Å². The highest BCUT2D eigenvalue weighted by Gasteiger charge is 2.02. The predicted octanol–water partition coefficient (Wildman–Crippen LogP) is 3.31. The molecule has 0 saturated carbocycles. The summed E-state index contributed by atoms with van der Waals surface area (Å²) in [6, 6.07) is 0. The maximum Gasteiger partial charge on any atom is 0.0136 e. The van der Waals surface area contributed by atoms with E-state index in [0.717, 1.165) is 5.70 Å². The Morgan fingerprint density at radius 3 is 2.00 bits per heavy atom. The normalized spacial score (nSPS) is 12.4. The molecule has 12 heavy (non-hydrogen) atoms. The summed E-state index contributed by atoms with van der Waals surface area (Å²) in [5, 5.41) is 3.28. The lowest BCUT2D eigenvalue weighted by atomic mass is 10.1. The Kier molecular flexibility index (Phi) is 4.72. The highest BCUT2D eigenvalue weighted by molar-refractivity contribution is 5.09. The fourth-order valence-electron chi connectivity index (χ4n) is 0.984. The van der Waals surface area contributed by atoms with E-state index < -0.39 is 0 Å². The molecule has 0 aliphatic heterocycles. The number of hydrogen-bond acceptors (Lipinski definition) is 1. The van der Waals surface area contributed by atoms with E-state index in [1.54, 1.807) is 0 Å². The maximum absolute atomic E-state index is 3.83. The summed E-state index contributed by atoms with van der Waals surface area (Å²) in [5.74, 6) is 1.14. The van der Waals surface area contributed by atoms with Gasteiger partial charge < -0.3 is 5.32 Å². The monoisotopic (exact) mass is 167 g/mol. The molecule has 1 N–H and O–H groups in total. The van der Waals surface area contributed by atoms with Crippen LogP contribution < -0.4 is 5.32 Å². The first kappa shape index (κ1) is 11.3. The zero-order chi connectivity index (χ0) is 9.72. The van der Waals surface area contributed by atoms with Gasteiger partial charge in [0.1, 0.15) is 0 Å². The Labute approximate surface area is 76.6 Å². The third-order valence-electron chi connectivity index (χ3n) is 1.49. The summed E-state index contributed by atoms with van der Waals surface area (Å²) < 4.78 is 0. The molecule has 0 aromatic carbocycles. The average Bonchev–Trinajstić information content (AvgIpc) is 1.83. The van der Waals surface area contributed by atoms with Crippen LogP contribution in [0.1, 0.15) is 34.6 Å². The number of allylic oxidation sites excluding steroid dienone is 3. The molecule has 0 atom stereocenters. The molecule has 0 aliphatic carbocycles. The van der Waals surface area contributed by atoms with Crippen LogP contribution in [0.2, 0.25) is 0 Å². The lowest BCUT2D eigenvalue weighted by Gasteiger charge is -2.15. The molecule has 70 valence electrons. The van der Waals surface area contributed by atoms with Gasteiger partial charge in [0.25, 0.3) is 0 Å². The minimum Gasteiger partial charge on any atom is -0.363 e. The molecule has 1 heteroatoms. The Morgan fingerprint density at radius 2 is 1.75 bits per heavy atom. The van der Waals surface area contributed by atoms with Crippen molar-refractivity contribution < 1.29 is 0 Å². The van der Waals surface area contributed by atoms with E-state index in [1.807, 2.05) is 6.92 Å². The Hall–Kier alpha value is -0.720. The highest BCUT2D eigenvalue weighted by atomic mass is 14.9. The van der Waals surface area contributed by atoms with Gasteiger partial charge >= 0.3 is 0 Å². The van der Waals surface area contributed by atoms with Crippen molar-refractivity contribution in [2.24, 2.45) is 11.8 Å². The molecule has 0 bridgehead atoms. The summed E-state index contributed by atoms with van der Waals surface area (Å²) >= 11 is 0. The lowest BCUT2D eigenvalue weighted by molar-refractivity contribution is 0.673. The lowest BCUT2D eigenvalue weighted by Crippen LogP contribution is -2.15. The van der Waals surface area contributed by atoms with Gasteiger partial charge in [-0.1, -0.05) is 40.3 Å². The smallest absolute Gasteiger partial charge is 0.0136 e. The van der Waals surface area contributed by atoms with Crippen LogP contribution >= 0.6 is 0 Å². The van der Waals surface area contributed by atoms with E-state index in [9.17, 15) is 0 Å². The zero-order valence-corrected chi connectivity index (χ0v) is 8.94. The van der Waals surface area contributed by atoms with Crippen molar-refractivity contribution in [2.75, 3.05) is 0 Å². The summed E-state index contributed by atoms with van der Waals surface area (Å²) in [4.78, 5) is 0. The van der Waals surface area contributed by atoms with Crippen molar-refractivity contribution in [3.8, 4) is 0 Å². The Bertz CT molecular complexity index is 175. The van der Waals surface area contributed by atoms with Crippen LogP contribution in [0.3, 0.4) is 0 Å². The maximum atomic E-state index is 3.83. The van der Waals surface area contributed by atoms with E-state index in [2.05, 4.69) is 45.7 Å². The molecule has 1 nitrogen and oxygen atoms in total. The molecule has 0 amide bonds. The van der Waals surface area contributed by atoms with E-state index in [4.69, 9.17) is 0 Å². The van der Waals surface area contributed by atoms with E-state index in [0.29, 0.717) is 11.8 Å². The van der Waals surface area contributed by atoms with Gasteiger partial charge in [0.05, 0.1) is 0 Å². The molecule has 0 aromatic heterocycles. The fourth-order valence-corrected chi connectivity index (χ4v) is 0.984. The van der Waals surface area contributed by atoms with Gasteiger partial charge in [0.2, 0.25) is 0 Å². The second-order valence-corrected chi connectivity index (χ2v) is 3.93. The fraction of sp³-hybridized carbons (Fsp3) is 0.636. The Balaban J connectivity index is 4.33. The quantitative estimate of drug-likeness (QED) is 0.677. The first-order chi connectivity index (χ1) is 5.43. The van der Waals surface area contributed by atoms with Crippen LogP contribution in [0.15, 0.2) is 24.0 Å². The van der Waals surface area contributed by atoms with Gasteiger partial charge in [0, 0.05) is 11.4 Å². The predicted molar refractivity (Wildman–Crippen MR) is 55.7 cm³/mol. The molecule has 0 unspecified atom stereocenters. The molecule has 0 aromatic rings. The summed E-state index contributed by atoms with van der Waals surface area (Å²) in [5.41, 5.74) is 2.29. The summed E-state index contributed by atoms with van der Waals surface area (Å²) in [6.45, 7) is 14.6. The molecule has 0 aliphatic rings. The van der Waals surface area contributed by atoms with Gasteiger partial charge in [-0.25, -0.2) is 0 Å². The van der Waals surface area contributed by atoms with Crippen molar-refractivity contribution in [1.82, 2.24) is 5.32 Å². The van der Waals surface area contributed by atoms with E-state index >= 15 is 0 Å². The van der Waals surface area contributed by atoms with Crippen LogP contribution in [-0.2, 0) is 0 Å². The molecule has 0 radical (unpaired) electrons. The van der Waals surface area contributed by atoms with Crippen molar-refractivity contribution in [3.05, 3.63) is 24.0 Å². The second kappa shape index (κ2) is 5.02. The van der Waals surface area contributed by atoms with Crippen LogP contribution in [0.5, 0.6) is 0 Å². The van der Waals surface area contributed by atoms with Crippen LogP contribution in [0.25, 0.3) is 0 Å². The zero-order valence-electron chi connectivity index (χ0n) is 8.94. The topological polar surface area (TPSA) is 12.0 Å². The second-order valence-electron chi connectivity index (χ2n) is 3.93. The highest BCUT2D eigenvalue weighted by Crippen LogP contribution is 2.10. The number of hydrogen-bond donors (Lipinski definition) is 1. The SMILES string of the molecule is C=C(C)N/C(=C\C(C)C)C(C)C. The third kappa shape index (κ3) is 5.00. The van der Waals surface area contributed by atoms with Gasteiger partial charge in [-0.15, -0.1) is 0 Å².